The first kappa shape index (κ1) is 50.4. The molecule has 0 fully saturated rings. The number of sulfonamides is 1. The number of hydrogen-bond donors (Lipinski definition) is 1. The first-order valence-electron chi connectivity index (χ1n) is 21.8. The highest BCUT2D eigenvalue weighted by Gasteiger charge is 2.35. The van der Waals surface area contributed by atoms with Crippen LogP contribution in [0.15, 0.2) is 77.8 Å². The molecule has 1 aromatic carbocycles. The van der Waals surface area contributed by atoms with Gasteiger partial charge in [-0.3, -0.25) is 10.1 Å². The van der Waals surface area contributed by atoms with Crippen molar-refractivity contribution in [1.29, 1.82) is 0 Å². The number of para-hydroxylation sites is 1. The minimum Gasteiger partial charge on any atom is -0.379 e. The molecule has 0 amide bonds. The second kappa shape index (κ2) is 34.6. The first-order valence-corrected chi connectivity index (χ1v) is 23.3. The van der Waals surface area contributed by atoms with Crippen LogP contribution in [0.4, 0.5) is 5.69 Å². The van der Waals surface area contributed by atoms with Gasteiger partial charge in [-0.2, -0.15) is 0 Å². The minimum absolute atomic E-state index is 0.108. The van der Waals surface area contributed by atoms with Gasteiger partial charge in [-0.1, -0.05) is 152 Å². The Bertz CT molecular complexity index is 1250. The molecule has 0 aliphatic heterocycles. The number of nitrogens with zero attached hydrogens (tertiary/aromatic N) is 1. The van der Waals surface area contributed by atoms with Crippen LogP contribution in [0.5, 0.6) is 0 Å². The fourth-order valence-corrected chi connectivity index (χ4v) is 7.85. The summed E-state index contributed by atoms with van der Waals surface area (Å²) in [5.41, 5.74) is -1.54. The monoisotopic (exact) mass is 787 g/mol. The largest absolute Gasteiger partial charge is 0.379 e. The summed E-state index contributed by atoms with van der Waals surface area (Å²) < 4.78 is 41.5. The number of rotatable bonds is 38. The van der Waals surface area contributed by atoms with Gasteiger partial charge < -0.3 is 9.47 Å². The zero-order valence-electron chi connectivity index (χ0n) is 35.0. The van der Waals surface area contributed by atoms with E-state index in [0.717, 1.165) is 64.2 Å². The lowest BCUT2D eigenvalue weighted by atomic mass is 10.1. The molecular formula is C46H78N2O6S. The van der Waals surface area contributed by atoms with Crippen molar-refractivity contribution < 1.29 is 22.8 Å². The van der Waals surface area contributed by atoms with Gasteiger partial charge in [-0.15, -0.1) is 0 Å². The molecule has 0 aliphatic rings. The summed E-state index contributed by atoms with van der Waals surface area (Å²) >= 11 is 0. The van der Waals surface area contributed by atoms with Gasteiger partial charge in [0.1, 0.15) is 0 Å². The summed E-state index contributed by atoms with van der Waals surface area (Å²) in [4.78, 5) is 10.6. The maximum absolute atomic E-state index is 13.4. The Kier molecular flexibility index (Phi) is 31.8. The third-order valence-electron chi connectivity index (χ3n) is 9.55. The van der Waals surface area contributed by atoms with Gasteiger partial charge in [-0.25, -0.2) is 13.1 Å². The third-order valence-corrected chi connectivity index (χ3v) is 11.2. The van der Waals surface area contributed by atoms with Crippen molar-refractivity contribution in [3.8, 4) is 0 Å². The molecule has 55 heavy (non-hydrogen) atoms. The Labute approximate surface area is 336 Å². The molecular weight excluding hydrogens is 709 g/mol. The molecule has 0 unspecified atom stereocenters. The van der Waals surface area contributed by atoms with Crippen molar-refractivity contribution in [3.63, 3.8) is 0 Å². The van der Waals surface area contributed by atoms with Crippen LogP contribution in [0.1, 0.15) is 175 Å². The predicted octanol–water partition coefficient (Wildman–Crippen LogP) is 13.3. The standard InChI is InChI=1S/C46H78N2O6S/c1-4-6-8-10-12-14-16-18-20-22-24-26-28-30-32-36-40-53-42-46(3,47-55(51,52)45-39-35-34-38-44(45)48(49)50)43-54-41-37-33-31-29-27-25-23-21-19-17-15-13-11-9-7-5-2/h12-15,18-21,34-35,38-39,47H,4-11,16-17,22-33,36-37,40-43H2,1-3H3/b14-12-,15-13-,20-18-,21-19-. The van der Waals surface area contributed by atoms with Crippen molar-refractivity contribution in [2.24, 2.45) is 0 Å². The van der Waals surface area contributed by atoms with Crippen LogP contribution in [-0.2, 0) is 19.5 Å². The Hall–Kier alpha value is -2.59. The number of ether oxygens (including phenoxy) is 2. The summed E-state index contributed by atoms with van der Waals surface area (Å²) in [6, 6.07) is 5.41. The second-order valence-corrected chi connectivity index (χ2v) is 16.8. The van der Waals surface area contributed by atoms with Gasteiger partial charge >= 0.3 is 0 Å². The molecule has 0 aliphatic carbocycles. The van der Waals surface area contributed by atoms with Crippen LogP contribution in [0.3, 0.4) is 0 Å². The molecule has 0 aromatic heterocycles. The summed E-state index contributed by atoms with van der Waals surface area (Å²) in [5.74, 6) is 0. The number of unbranched alkanes of at least 4 members (excludes halogenated alkanes) is 18. The van der Waals surface area contributed by atoms with E-state index in [1.165, 1.54) is 114 Å². The lowest BCUT2D eigenvalue weighted by Crippen LogP contribution is -2.53. The number of benzene rings is 1. The van der Waals surface area contributed by atoms with Gasteiger partial charge in [0.25, 0.3) is 5.69 Å². The van der Waals surface area contributed by atoms with E-state index in [2.05, 4.69) is 67.2 Å². The van der Waals surface area contributed by atoms with E-state index < -0.39 is 26.2 Å². The number of nitrogens with one attached hydrogen (secondary N) is 1. The fraction of sp³-hybridized carbons (Fsp3) is 0.696. The molecule has 8 nitrogen and oxygen atoms in total. The number of nitro benzene ring substituents is 1. The summed E-state index contributed by atoms with van der Waals surface area (Å²) in [5, 5.41) is 11.6. The van der Waals surface area contributed by atoms with Crippen molar-refractivity contribution in [1.82, 2.24) is 4.72 Å². The highest BCUT2D eigenvalue weighted by molar-refractivity contribution is 7.89. The Morgan fingerprint density at radius 3 is 1.40 bits per heavy atom. The van der Waals surface area contributed by atoms with Gasteiger partial charge in [0.05, 0.1) is 23.7 Å². The van der Waals surface area contributed by atoms with Gasteiger partial charge in [0, 0.05) is 19.3 Å². The predicted molar refractivity (Wildman–Crippen MR) is 232 cm³/mol. The number of allylic oxidation sites excluding steroid dienone is 8. The fourth-order valence-electron chi connectivity index (χ4n) is 6.29. The minimum atomic E-state index is -4.21. The quantitative estimate of drug-likeness (QED) is 0.0309. The summed E-state index contributed by atoms with van der Waals surface area (Å²) in [6.45, 7) is 7.47. The Balaban J connectivity index is 2.38. The third kappa shape index (κ3) is 28.5. The van der Waals surface area contributed by atoms with E-state index in [9.17, 15) is 18.5 Å². The molecule has 0 heterocycles. The molecule has 1 rings (SSSR count). The summed E-state index contributed by atoms with van der Waals surface area (Å²) in [6.07, 6.45) is 46.2. The molecule has 0 radical (unpaired) electrons. The van der Waals surface area contributed by atoms with Crippen LogP contribution in [0.2, 0.25) is 0 Å². The van der Waals surface area contributed by atoms with E-state index in [1.807, 2.05) is 0 Å². The van der Waals surface area contributed by atoms with Crippen molar-refractivity contribution in [2.45, 2.75) is 185 Å². The lowest BCUT2D eigenvalue weighted by Gasteiger charge is -2.30. The number of hydrogen-bond acceptors (Lipinski definition) is 6. The molecule has 314 valence electrons. The highest BCUT2D eigenvalue weighted by atomic mass is 32.2. The zero-order chi connectivity index (χ0) is 40.1. The van der Waals surface area contributed by atoms with Gasteiger partial charge in [-0.05, 0) is 90.0 Å². The second-order valence-electron chi connectivity index (χ2n) is 15.2. The average Bonchev–Trinajstić information content (AvgIpc) is 3.16. The van der Waals surface area contributed by atoms with Crippen LogP contribution in [0, 0.1) is 10.1 Å². The van der Waals surface area contributed by atoms with Crippen molar-refractivity contribution in [2.75, 3.05) is 26.4 Å². The maximum Gasteiger partial charge on any atom is 0.289 e. The maximum atomic E-state index is 13.4. The molecule has 0 saturated heterocycles. The highest BCUT2D eigenvalue weighted by Crippen LogP contribution is 2.25. The van der Waals surface area contributed by atoms with E-state index in [4.69, 9.17) is 9.47 Å². The first-order chi connectivity index (χ1) is 26.8. The molecule has 1 N–H and O–H groups in total. The van der Waals surface area contributed by atoms with Crippen LogP contribution in [0.25, 0.3) is 0 Å². The molecule has 0 spiro atoms. The topological polar surface area (TPSA) is 108 Å². The molecule has 1 aromatic rings. The van der Waals surface area contributed by atoms with Crippen LogP contribution < -0.4 is 4.72 Å². The molecule has 9 heteroatoms. The Morgan fingerprint density at radius 1 is 0.600 bits per heavy atom. The molecule has 0 saturated carbocycles. The molecule has 0 bridgehead atoms. The molecule has 0 atom stereocenters. The van der Waals surface area contributed by atoms with E-state index in [1.54, 1.807) is 6.92 Å². The van der Waals surface area contributed by atoms with Gasteiger partial charge in [0.15, 0.2) is 4.90 Å². The SMILES string of the molecule is CCCCC/C=C\C/C=C\CCCCCCCCOCC(C)(COCCCCCCCC/C=C\C/C=C\CCCCC)NS(=O)(=O)c1ccccc1[N+](=O)[O-]. The van der Waals surface area contributed by atoms with E-state index in [0.29, 0.717) is 13.2 Å². The average molecular weight is 787 g/mol. The van der Waals surface area contributed by atoms with Gasteiger partial charge in [0.2, 0.25) is 10.0 Å². The van der Waals surface area contributed by atoms with E-state index >= 15 is 0 Å². The van der Waals surface area contributed by atoms with Crippen molar-refractivity contribution in [3.05, 3.63) is 83.0 Å². The Morgan fingerprint density at radius 2 is 0.982 bits per heavy atom. The van der Waals surface area contributed by atoms with Crippen LogP contribution >= 0.6 is 0 Å². The number of nitro groups is 1. The smallest absolute Gasteiger partial charge is 0.289 e. The van der Waals surface area contributed by atoms with Crippen molar-refractivity contribution >= 4 is 15.7 Å². The van der Waals surface area contributed by atoms with Crippen LogP contribution in [-0.4, -0.2) is 45.3 Å². The summed E-state index contributed by atoms with van der Waals surface area (Å²) in [7, 11) is -4.21. The zero-order valence-corrected chi connectivity index (χ0v) is 35.8. The normalized spacial score (nSPS) is 12.7. The van der Waals surface area contributed by atoms with E-state index in [-0.39, 0.29) is 18.1 Å². The lowest BCUT2D eigenvalue weighted by molar-refractivity contribution is -0.387.